The first kappa shape index (κ1) is 16.3. The number of aromatic nitrogens is 2. The van der Waals surface area contributed by atoms with Crippen LogP contribution >= 0.6 is 11.6 Å². The molecule has 118 valence electrons. The summed E-state index contributed by atoms with van der Waals surface area (Å²) < 4.78 is 43.7. The molecule has 8 heteroatoms. The zero-order valence-electron chi connectivity index (χ0n) is 12.0. The fourth-order valence-electron chi connectivity index (χ4n) is 2.43. The number of halogens is 4. The Labute approximate surface area is 126 Å². The van der Waals surface area contributed by atoms with Crippen molar-refractivity contribution in [2.24, 2.45) is 5.41 Å². The predicted octanol–water partition coefficient (Wildman–Crippen LogP) is 3.76. The highest BCUT2D eigenvalue weighted by Gasteiger charge is 2.49. The van der Waals surface area contributed by atoms with E-state index in [0.717, 1.165) is 6.07 Å². The maximum Gasteiger partial charge on any atom is 0.433 e. The van der Waals surface area contributed by atoms with Gasteiger partial charge in [-0.15, -0.1) is 0 Å². The number of hydrogen-bond acceptors (Lipinski definition) is 4. The molecular formula is C13H17ClF3N3O. The van der Waals surface area contributed by atoms with Gasteiger partial charge in [0.1, 0.15) is 5.82 Å². The van der Waals surface area contributed by atoms with Crippen LogP contribution in [0.3, 0.4) is 0 Å². The highest BCUT2D eigenvalue weighted by molar-refractivity contribution is 6.28. The molecule has 0 amide bonds. The van der Waals surface area contributed by atoms with Crippen LogP contribution in [0.1, 0.15) is 32.9 Å². The SMILES string of the molecule is CCOC1CC(Nc2cc(C(F)(F)F)nc(Cl)n2)C1(C)C. The van der Waals surface area contributed by atoms with E-state index in [1.807, 2.05) is 20.8 Å². The van der Waals surface area contributed by atoms with Gasteiger partial charge in [0.05, 0.1) is 6.10 Å². The van der Waals surface area contributed by atoms with Gasteiger partial charge in [0, 0.05) is 24.1 Å². The summed E-state index contributed by atoms with van der Waals surface area (Å²) >= 11 is 5.56. The molecule has 1 fully saturated rings. The van der Waals surface area contributed by atoms with Crippen LogP contribution in [0.4, 0.5) is 19.0 Å². The average molecular weight is 324 g/mol. The lowest BCUT2D eigenvalue weighted by molar-refractivity contribution is -0.141. The third-order valence-corrected chi connectivity index (χ3v) is 4.03. The standard InChI is InChI=1S/C13H17ClF3N3O/c1-4-21-9-5-7(12(9,2)3)18-10-6-8(13(15,16)17)19-11(14)20-10/h6-7,9H,4-5H2,1-3H3,(H,18,19,20). The number of anilines is 1. The highest BCUT2D eigenvalue weighted by Crippen LogP contribution is 2.44. The molecule has 1 heterocycles. The summed E-state index contributed by atoms with van der Waals surface area (Å²) in [7, 11) is 0. The van der Waals surface area contributed by atoms with Crippen molar-refractivity contribution in [3.63, 3.8) is 0 Å². The average Bonchev–Trinajstić information content (AvgIpc) is 2.36. The normalized spacial score (nSPS) is 24.5. The van der Waals surface area contributed by atoms with E-state index >= 15 is 0 Å². The van der Waals surface area contributed by atoms with Crippen molar-refractivity contribution >= 4 is 17.4 Å². The molecule has 4 nitrogen and oxygen atoms in total. The number of hydrogen-bond donors (Lipinski definition) is 1. The molecule has 0 saturated heterocycles. The lowest BCUT2D eigenvalue weighted by Crippen LogP contribution is -2.58. The van der Waals surface area contributed by atoms with Crippen LogP contribution in [0, 0.1) is 5.41 Å². The van der Waals surface area contributed by atoms with Crippen LogP contribution in [0.2, 0.25) is 5.28 Å². The highest BCUT2D eigenvalue weighted by atomic mass is 35.5. The zero-order valence-corrected chi connectivity index (χ0v) is 12.7. The first-order chi connectivity index (χ1) is 9.64. The van der Waals surface area contributed by atoms with Crippen molar-refractivity contribution in [1.29, 1.82) is 0 Å². The zero-order chi connectivity index (χ0) is 15.8. The monoisotopic (exact) mass is 323 g/mol. The van der Waals surface area contributed by atoms with Crippen molar-refractivity contribution in [1.82, 2.24) is 9.97 Å². The van der Waals surface area contributed by atoms with Gasteiger partial charge in [0.15, 0.2) is 5.69 Å². The van der Waals surface area contributed by atoms with E-state index in [1.165, 1.54) is 0 Å². The lowest BCUT2D eigenvalue weighted by Gasteiger charge is -2.51. The molecule has 21 heavy (non-hydrogen) atoms. The summed E-state index contributed by atoms with van der Waals surface area (Å²) in [5, 5.41) is 2.57. The molecule has 0 aliphatic heterocycles. The van der Waals surface area contributed by atoms with Gasteiger partial charge in [-0.3, -0.25) is 0 Å². The molecule has 1 aliphatic carbocycles. The van der Waals surface area contributed by atoms with Crippen LogP contribution in [0.15, 0.2) is 6.07 Å². The third-order valence-electron chi connectivity index (χ3n) is 3.86. The summed E-state index contributed by atoms with van der Waals surface area (Å²) in [5.74, 6) is 0.0790. The van der Waals surface area contributed by atoms with Gasteiger partial charge < -0.3 is 10.1 Å². The molecular weight excluding hydrogens is 307 g/mol. The van der Waals surface area contributed by atoms with E-state index < -0.39 is 17.2 Å². The molecule has 1 aromatic heterocycles. The van der Waals surface area contributed by atoms with Crippen LogP contribution < -0.4 is 5.32 Å². The van der Waals surface area contributed by atoms with Crippen LogP contribution in [-0.4, -0.2) is 28.7 Å². The summed E-state index contributed by atoms with van der Waals surface area (Å²) in [6.45, 7) is 6.53. The smallest absolute Gasteiger partial charge is 0.378 e. The Kier molecular flexibility index (Phi) is 4.35. The number of ether oxygens (including phenoxy) is 1. The van der Waals surface area contributed by atoms with Crippen molar-refractivity contribution in [2.75, 3.05) is 11.9 Å². The first-order valence-electron chi connectivity index (χ1n) is 6.64. The van der Waals surface area contributed by atoms with Gasteiger partial charge in [-0.1, -0.05) is 13.8 Å². The van der Waals surface area contributed by atoms with Crippen molar-refractivity contribution in [3.8, 4) is 0 Å². The fourth-order valence-corrected chi connectivity index (χ4v) is 2.61. The van der Waals surface area contributed by atoms with Crippen LogP contribution in [0.5, 0.6) is 0 Å². The minimum atomic E-state index is -4.55. The summed E-state index contributed by atoms with van der Waals surface area (Å²) in [6.07, 6.45) is -3.75. The predicted molar refractivity (Wildman–Crippen MR) is 73.3 cm³/mol. The van der Waals surface area contributed by atoms with E-state index in [4.69, 9.17) is 16.3 Å². The Morgan fingerprint density at radius 3 is 2.62 bits per heavy atom. The molecule has 0 bridgehead atoms. The first-order valence-corrected chi connectivity index (χ1v) is 7.02. The number of nitrogens with zero attached hydrogens (tertiary/aromatic N) is 2. The fraction of sp³-hybridized carbons (Fsp3) is 0.692. The lowest BCUT2D eigenvalue weighted by atomic mass is 9.64. The number of rotatable bonds is 4. The number of alkyl halides is 3. The topological polar surface area (TPSA) is 47.0 Å². The molecule has 0 aromatic carbocycles. The Bertz CT molecular complexity index is 522. The van der Waals surface area contributed by atoms with Crippen LogP contribution in [0.25, 0.3) is 0 Å². The Hall–Kier alpha value is -1.08. The molecule has 2 rings (SSSR count). The minimum Gasteiger partial charge on any atom is -0.378 e. The second-order valence-corrected chi connectivity index (χ2v) is 5.94. The largest absolute Gasteiger partial charge is 0.433 e. The molecule has 1 aliphatic rings. The van der Waals surface area contributed by atoms with E-state index in [9.17, 15) is 13.2 Å². The molecule has 0 spiro atoms. The quantitative estimate of drug-likeness (QED) is 0.857. The van der Waals surface area contributed by atoms with Gasteiger partial charge in [0.25, 0.3) is 0 Å². The number of nitrogens with one attached hydrogen (secondary N) is 1. The molecule has 0 radical (unpaired) electrons. The van der Waals surface area contributed by atoms with Gasteiger partial charge in [-0.2, -0.15) is 13.2 Å². The van der Waals surface area contributed by atoms with Crippen molar-refractivity contribution < 1.29 is 17.9 Å². The van der Waals surface area contributed by atoms with Crippen LogP contribution in [-0.2, 0) is 10.9 Å². The summed E-state index contributed by atoms with van der Waals surface area (Å²) in [6, 6.07) is 0.844. The maximum absolute atomic E-state index is 12.7. The molecule has 1 saturated carbocycles. The van der Waals surface area contributed by atoms with Crippen molar-refractivity contribution in [2.45, 2.75) is 45.5 Å². The van der Waals surface area contributed by atoms with E-state index in [-0.39, 0.29) is 23.4 Å². The molecule has 2 atom stereocenters. The van der Waals surface area contributed by atoms with E-state index in [0.29, 0.717) is 13.0 Å². The molecule has 1 N–H and O–H groups in total. The Morgan fingerprint density at radius 2 is 2.10 bits per heavy atom. The maximum atomic E-state index is 12.7. The Balaban J connectivity index is 2.13. The second kappa shape index (κ2) is 5.61. The van der Waals surface area contributed by atoms with Crippen molar-refractivity contribution in [3.05, 3.63) is 17.0 Å². The van der Waals surface area contributed by atoms with Gasteiger partial charge in [0.2, 0.25) is 5.28 Å². The summed E-state index contributed by atoms with van der Waals surface area (Å²) in [4.78, 5) is 7.01. The van der Waals surface area contributed by atoms with E-state index in [1.54, 1.807) is 0 Å². The summed E-state index contributed by atoms with van der Waals surface area (Å²) in [5.41, 5.74) is -1.24. The molecule has 2 unspecified atom stereocenters. The third kappa shape index (κ3) is 3.40. The van der Waals surface area contributed by atoms with Gasteiger partial charge in [-0.05, 0) is 24.9 Å². The van der Waals surface area contributed by atoms with Gasteiger partial charge in [-0.25, -0.2) is 9.97 Å². The van der Waals surface area contributed by atoms with E-state index in [2.05, 4.69) is 15.3 Å². The molecule has 1 aromatic rings. The minimum absolute atomic E-state index is 0.0268. The Morgan fingerprint density at radius 1 is 1.43 bits per heavy atom. The second-order valence-electron chi connectivity index (χ2n) is 5.60. The van der Waals surface area contributed by atoms with Gasteiger partial charge >= 0.3 is 6.18 Å².